The molecule has 0 saturated heterocycles. The van der Waals surface area contributed by atoms with Crippen LogP contribution < -0.4 is 4.72 Å². The summed E-state index contributed by atoms with van der Waals surface area (Å²) in [5.41, 5.74) is 1.13. The van der Waals surface area contributed by atoms with Crippen molar-refractivity contribution >= 4 is 10.0 Å². The molecular formula is C13H21NO3S. The van der Waals surface area contributed by atoms with E-state index in [2.05, 4.69) is 4.72 Å². The van der Waals surface area contributed by atoms with Crippen molar-refractivity contribution in [2.45, 2.75) is 26.4 Å². The van der Waals surface area contributed by atoms with Gasteiger partial charge in [-0.1, -0.05) is 37.3 Å². The predicted molar refractivity (Wildman–Crippen MR) is 72.8 cm³/mol. The molecule has 5 heteroatoms. The Morgan fingerprint density at radius 3 is 2.61 bits per heavy atom. The Hall–Kier alpha value is -0.910. The van der Waals surface area contributed by atoms with E-state index in [0.29, 0.717) is 32.6 Å². The quantitative estimate of drug-likeness (QED) is 0.698. The van der Waals surface area contributed by atoms with Gasteiger partial charge in [-0.25, -0.2) is 13.1 Å². The third-order valence-electron chi connectivity index (χ3n) is 2.37. The van der Waals surface area contributed by atoms with E-state index in [1.165, 1.54) is 0 Å². The fraction of sp³-hybridized carbons (Fsp3) is 0.538. The number of benzene rings is 1. The van der Waals surface area contributed by atoms with Crippen LogP contribution in [0.3, 0.4) is 0 Å². The summed E-state index contributed by atoms with van der Waals surface area (Å²) in [6.07, 6.45) is 1.33. The molecule has 0 unspecified atom stereocenters. The highest BCUT2D eigenvalue weighted by molar-refractivity contribution is 7.89. The first-order valence-corrected chi connectivity index (χ1v) is 7.88. The minimum absolute atomic E-state index is 0.192. The molecule has 0 heterocycles. The lowest BCUT2D eigenvalue weighted by Gasteiger charge is -2.06. The van der Waals surface area contributed by atoms with Gasteiger partial charge in [0.25, 0.3) is 0 Å². The van der Waals surface area contributed by atoms with Gasteiger partial charge >= 0.3 is 0 Å². The van der Waals surface area contributed by atoms with Crippen molar-refractivity contribution in [1.29, 1.82) is 0 Å². The Kier molecular flexibility index (Phi) is 6.93. The van der Waals surface area contributed by atoms with Crippen LogP contribution in [0.1, 0.15) is 25.3 Å². The number of sulfonamides is 1. The summed E-state index contributed by atoms with van der Waals surface area (Å²) in [6.45, 7) is 3.42. The smallest absolute Gasteiger partial charge is 0.211 e. The van der Waals surface area contributed by atoms with Gasteiger partial charge in [0.05, 0.1) is 12.4 Å². The molecule has 1 aromatic carbocycles. The van der Waals surface area contributed by atoms with Crippen molar-refractivity contribution < 1.29 is 13.2 Å². The molecule has 1 N–H and O–H groups in total. The first-order chi connectivity index (χ1) is 8.64. The first-order valence-electron chi connectivity index (χ1n) is 6.23. The summed E-state index contributed by atoms with van der Waals surface area (Å²) >= 11 is 0. The second-order valence-corrected chi connectivity index (χ2v) is 6.03. The molecule has 0 aliphatic heterocycles. The summed E-state index contributed by atoms with van der Waals surface area (Å²) < 4.78 is 30.7. The zero-order valence-corrected chi connectivity index (χ0v) is 11.6. The van der Waals surface area contributed by atoms with Crippen LogP contribution in [0, 0.1) is 0 Å². The van der Waals surface area contributed by atoms with Crippen molar-refractivity contribution in [3.05, 3.63) is 35.9 Å². The van der Waals surface area contributed by atoms with Gasteiger partial charge in [0, 0.05) is 13.2 Å². The molecule has 0 saturated carbocycles. The van der Waals surface area contributed by atoms with E-state index in [1.807, 2.05) is 37.3 Å². The van der Waals surface area contributed by atoms with Crippen LogP contribution in [-0.4, -0.2) is 27.3 Å². The number of rotatable bonds is 9. The van der Waals surface area contributed by atoms with E-state index in [1.54, 1.807) is 0 Å². The van der Waals surface area contributed by atoms with Gasteiger partial charge in [-0.15, -0.1) is 0 Å². The second-order valence-electron chi connectivity index (χ2n) is 4.10. The van der Waals surface area contributed by atoms with Gasteiger partial charge in [-0.05, 0) is 18.4 Å². The topological polar surface area (TPSA) is 55.4 Å². The second kappa shape index (κ2) is 8.24. The average molecular weight is 271 g/mol. The molecule has 0 aliphatic rings. The van der Waals surface area contributed by atoms with Crippen LogP contribution in [0.5, 0.6) is 0 Å². The summed E-state index contributed by atoms with van der Waals surface area (Å²) in [6, 6.07) is 9.91. The lowest BCUT2D eigenvalue weighted by atomic mass is 10.2. The molecule has 102 valence electrons. The Morgan fingerprint density at radius 2 is 1.94 bits per heavy atom. The van der Waals surface area contributed by atoms with Crippen molar-refractivity contribution in [2.75, 3.05) is 18.9 Å². The lowest BCUT2D eigenvalue weighted by molar-refractivity contribution is 0.119. The molecule has 0 bridgehead atoms. The maximum Gasteiger partial charge on any atom is 0.211 e. The average Bonchev–Trinajstić information content (AvgIpc) is 2.35. The van der Waals surface area contributed by atoms with Crippen molar-refractivity contribution in [3.63, 3.8) is 0 Å². The third kappa shape index (κ3) is 6.74. The van der Waals surface area contributed by atoms with Crippen LogP contribution in [0.25, 0.3) is 0 Å². The summed E-state index contributed by atoms with van der Waals surface area (Å²) in [5.74, 6) is 0.192. The van der Waals surface area contributed by atoms with Crippen LogP contribution in [-0.2, 0) is 21.4 Å². The van der Waals surface area contributed by atoms with E-state index < -0.39 is 10.0 Å². The lowest BCUT2D eigenvalue weighted by Crippen LogP contribution is -2.27. The van der Waals surface area contributed by atoms with E-state index >= 15 is 0 Å². The van der Waals surface area contributed by atoms with Crippen molar-refractivity contribution in [3.8, 4) is 0 Å². The van der Waals surface area contributed by atoms with Gasteiger partial charge in [0.1, 0.15) is 0 Å². The minimum Gasteiger partial charge on any atom is -0.377 e. The Morgan fingerprint density at radius 1 is 1.22 bits per heavy atom. The Balaban J connectivity index is 2.06. The molecule has 1 rings (SSSR count). The van der Waals surface area contributed by atoms with Gasteiger partial charge in [0.2, 0.25) is 10.0 Å². The highest BCUT2D eigenvalue weighted by atomic mass is 32.2. The van der Waals surface area contributed by atoms with Crippen LogP contribution in [0.4, 0.5) is 0 Å². The van der Waals surface area contributed by atoms with Crippen LogP contribution in [0.2, 0.25) is 0 Å². The van der Waals surface area contributed by atoms with Crippen LogP contribution in [0.15, 0.2) is 30.3 Å². The number of hydrogen-bond donors (Lipinski definition) is 1. The number of ether oxygens (including phenoxy) is 1. The summed E-state index contributed by atoms with van der Waals surface area (Å²) in [4.78, 5) is 0. The van der Waals surface area contributed by atoms with Gasteiger partial charge in [-0.2, -0.15) is 0 Å². The first kappa shape index (κ1) is 15.1. The number of nitrogens with one attached hydrogen (secondary N) is 1. The molecule has 4 nitrogen and oxygen atoms in total. The van der Waals surface area contributed by atoms with E-state index in [-0.39, 0.29) is 5.75 Å². The SMILES string of the molecule is CCCS(=O)(=O)NCCCOCc1ccccc1. The molecule has 0 aromatic heterocycles. The molecule has 0 radical (unpaired) electrons. The standard InChI is InChI=1S/C13H21NO3S/c1-2-11-18(15,16)14-9-6-10-17-12-13-7-4-3-5-8-13/h3-5,7-8,14H,2,6,9-12H2,1H3. The van der Waals surface area contributed by atoms with E-state index in [9.17, 15) is 8.42 Å². The zero-order chi connectivity index (χ0) is 13.3. The maximum atomic E-state index is 11.3. The molecule has 0 fully saturated rings. The number of hydrogen-bond acceptors (Lipinski definition) is 3. The maximum absolute atomic E-state index is 11.3. The molecule has 0 aliphatic carbocycles. The Labute approximate surface area is 109 Å². The van der Waals surface area contributed by atoms with Gasteiger partial charge < -0.3 is 4.74 Å². The normalized spacial score (nSPS) is 11.6. The summed E-state index contributed by atoms with van der Waals surface area (Å²) in [7, 11) is -3.08. The summed E-state index contributed by atoms with van der Waals surface area (Å²) in [5, 5.41) is 0. The third-order valence-corrected chi connectivity index (χ3v) is 3.96. The van der Waals surface area contributed by atoms with Crippen molar-refractivity contribution in [1.82, 2.24) is 4.72 Å². The predicted octanol–water partition coefficient (Wildman–Crippen LogP) is 1.92. The molecule has 0 spiro atoms. The molecular weight excluding hydrogens is 250 g/mol. The highest BCUT2D eigenvalue weighted by Gasteiger charge is 2.06. The van der Waals surface area contributed by atoms with Crippen LogP contribution >= 0.6 is 0 Å². The largest absolute Gasteiger partial charge is 0.377 e. The highest BCUT2D eigenvalue weighted by Crippen LogP contribution is 2.00. The molecule has 0 atom stereocenters. The minimum atomic E-state index is -3.08. The van der Waals surface area contributed by atoms with E-state index in [0.717, 1.165) is 5.56 Å². The van der Waals surface area contributed by atoms with Gasteiger partial charge in [0.15, 0.2) is 0 Å². The fourth-order valence-corrected chi connectivity index (χ4v) is 2.64. The Bertz CT molecular complexity index is 417. The van der Waals surface area contributed by atoms with E-state index in [4.69, 9.17) is 4.74 Å². The van der Waals surface area contributed by atoms with Crippen molar-refractivity contribution in [2.24, 2.45) is 0 Å². The molecule has 0 amide bonds. The molecule has 18 heavy (non-hydrogen) atoms. The fourth-order valence-electron chi connectivity index (χ4n) is 1.51. The monoisotopic (exact) mass is 271 g/mol. The zero-order valence-electron chi connectivity index (χ0n) is 10.8. The molecule has 1 aromatic rings. The van der Waals surface area contributed by atoms with Gasteiger partial charge in [-0.3, -0.25) is 0 Å².